The maximum absolute atomic E-state index is 11.9. The zero-order valence-corrected chi connectivity index (χ0v) is 80.2. The van der Waals surface area contributed by atoms with Gasteiger partial charge in [0.05, 0.1) is 124 Å². The molecule has 5 atom stereocenters. The van der Waals surface area contributed by atoms with Gasteiger partial charge in [-0.3, -0.25) is 48.9 Å². The first kappa shape index (κ1) is 101. The van der Waals surface area contributed by atoms with Crippen LogP contribution in [0.5, 0.6) is 0 Å². The minimum Gasteiger partial charge on any atom is -0.478 e. The molecule has 0 amide bonds. The lowest BCUT2D eigenvalue weighted by atomic mass is 9.86. The van der Waals surface area contributed by atoms with Crippen molar-refractivity contribution < 1.29 is 93.4 Å². The van der Waals surface area contributed by atoms with Crippen molar-refractivity contribution in [1.82, 2.24) is 64.2 Å². The van der Waals surface area contributed by atoms with E-state index in [0.29, 0.717) is 117 Å². The van der Waals surface area contributed by atoms with Crippen LogP contribution in [0.15, 0.2) is 222 Å². The third-order valence-corrected chi connectivity index (χ3v) is 27.2. The third kappa shape index (κ3) is 22.6. The molecule has 5 unspecified atom stereocenters. The molecule has 32 nitrogen and oxygen atoms in total. The Bertz CT molecular complexity index is 7030. The van der Waals surface area contributed by atoms with Gasteiger partial charge in [0.2, 0.25) is 0 Å². The van der Waals surface area contributed by atoms with Crippen molar-refractivity contribution in [2.45, 2.75) is 153 Å². The Morgan fingerprint density at radius 1 is 0.352 bits per heavy atom. The third-order valence-electron chi connectivity index (χ3n) is 27.2. The molecule has 9 aliphatic rings. The van der Waals surface area contributed by atoms with E-state index >= 15 is 0 Å². The van der Waals surface area contributed by atoms with E-state index in [2.05, 4.69) is 62.3 Å². The highest BCUT2D eigenvalue weighted by molar-refractivity contribution is 5.97. The van der Waals surface area contributed by atoms with Crippen molar-refractivity contribution in [3.63, 3.8) is 0 Å². The van der Waals surface area contributed by atoms with Crippen LogP contribution >= 0.6 is 0 Å². The van der Waals surface area contributed by atoms with Gasteiger partial charge in [0.1, 0.15) is 29.5 Å². The second-order valence-electron chi connectivity index (χ2n) is 36.2. The maximum Gasteiger partial charge on any atom is 0.338 e. The number of carboxylic acids is 3. The van der Waals surface area contributed by atoms with E-state index in [1.165, 1.54) is 115 Å². The number of aromatic nitrogens is 13. The monoisotopic (exact) mass is 1920 g/mol. The van der Waals surface area contributed by atoms with Crippen LogP contribution in [0.4, 0.5) is 0 Å². The first-order chi connectivity index (χ1) is 68.3. The molecule has 2 saturated carbocycles. The summed E-state index contributed by atoms with van der Waals surface area (Å²) < 4.78 is 24.1. The summed E-state index contributed by atoms with van der Waals surface area (Å²) >= 11 is 0. The van der Waals surface area contributed by atoms with E-state index < -0.39 is 59.4 Å². The number of ether oxygens (including phenoxy) is 4. The fourth-order valence-electron chi connectivity index (χ4n) is 19.5. The number of carbonyl (C=O) groups is 7. The van der Waals surface area contributed by atoms with Crippen LogP contribution in [0.2, 0.25) is 0 Å². The van der Waals surface area contributed by atoms with Gasteiger partial charge in [-0.1, -0.05) is 123 Å². The maximum atomic E-state index is 11.9. The second kappa shape index (κ2) is 44.7. The zero-order chi connectivity index (χ0) is 101. The number of esters is 4. The number of aliphatic hydroxyl groups is 5. The van der Waals surface area contributed by atoms with Gasteiger partial charge in [0.15, 0.2) is 0 Å². The number of hydrogen-bond acceptors (Lipinski definition) is 26. The minimum absolute atomic E-state index is 0.235. The highest BCUT2D eigenvalue weighted by Gasteiger charge is 2.38. The molecular formula is C110H111N13O19. The average Bonchev–Trinajstić information content (AvgIpc) is 1.60. The van der Waals surface area contributed by atoms with Crippen molar-refractivity contribution in [3.05, 3.63) is 368 Å². The average molecular weight is 1920 g/mol. The number of pyridine rings is 7. The van der Waals surface area contributed by atoms with Crippen molar-refractivity contribution >= 4 is 84.3 Å². The number of rotatable bonds is 21. The van der Waals surface area contributed by atoms with Gasteiger partial charge in [0, 0.05) is 83.1 Å². The summed E-state index contributed by atoms with van der Waals surface area (Å²) in [5.74, 6) is -2.57. The number of carboxylic acid groups (broad SMARTS) is 3. The molecule has 8 N–H and O–H groups in total. The van der Waals surface area contributed by atoms with E-state index in [1.807, 2.05) is 72.8 Å². The van der Waals surface area contributed by atoms with Gasteiger partial charge in [-0.2, -0.15) is 15.3 Å². The molecule has 2 fully saturated rings. The summed E-state index contributed by atoms with van der Waals surface area (Å²) in [5, 5.41) is 92.9. The molecule has 142 heavy (non-hydrogen) atoms. The lowest BCUT2D eigenvalue weighted by molar-refractivity contribution is 0.0590. The molecule has 2 aromatic carbocycles. The largest absolute Gasteiger partial charge is 0.478 e. The minimum atomic E-state index is -1.14. The highest BCUT2D eigenvalue weighted by Crippen LogP contribution is 2.44. The van der Waals surface area contributed by atoms with Crippen LogP contribution in [0.1, 0.15) is 276 Å². The number of methoxy groups -OCH3 is 4. The molecule has 0 spiro atoms. The van der Waals surface area contributed by atoms with Crippen molar-refractivity contribution in [3.8, 4) is 0 Å². The lowest BCUT2D eigenvalue weighted by Gasteiger charge is -2.25. The molecule has 9 aliphatic carbocycles. The van der Waals surface area contributed by atoms with Crippen molar-refractivity contribution in [2.24, 2.45) is 33.0 Å². The van der Waals surface area contributed by atoms with Crippen LogP contribution in [-0.2, 0) is 96.2 Å². The summed E-state index contributed by atoms with van der Waals surface area (Å²) in [6.07, 6.45) is 43.8. The number of aromatic carboxylic acids is 3. The van der Waals surface area contributed by atoms with E-state index in [1.54, 1.807) is 165 Å². The van der Waals surface area contributed by atoms with Gasteiger partial charge in [-0.05, 0) is 265 Å². The standard InChI is InChI=1S/C18H17NO3.C17H15NO3.C16H19NO2.2C15H15N3O3.C15H17NO2.C14H13N3O3/c1-18(21,12-6-4-3-5-7-12)13-10-15-14(17(20)22-2)8-9-19-16(15)11-13;1-17(21,11-5-3-2-4-6-11)12-9-14-13(16(19)20)7-8-18-15(14)10-12;1-19-16(18)13-6-7-17-15-10-12(9-14(13)15)8-11-4-2-3-5-11;1-18-13(4-6-17-18)14(19)9-7-11-10(15(20)21-2)3-5-16-12(11)8-9;1-18-6-4-12(17-18)14(19)9-7-11-10(15(20)21-2)3-5-16-13(11)8-9;17-15(18)12-5-6-16-14-9-11(8-13(12)14)7-10-3-1-2-4-10;1-17-12(3-5-16-17)13(18)8-6-10-9(14(19)20)2-4-15-11(10)7-8/h3-9,11,21H,10H2,1-2H3;2-8,10,21H,9H2,1H3,(H,19,20);6-7,10-11H,2-5,8-9H2,1H3;2*3-6,8,14,19H,7H2,1-2H3;5-6,9-10H,1-4,7-8H2,(H,17,18);2-5,7,13,18H,6H2,1H3,(H,19,20). The second-order valence-corrected chi connectivity index (χ2v) is 36.2. The van der Waals surface area contributed by atoms with E-state index in [4.69, 9.17) is 24.1 Å². The Hall–Kier alpha value is -15.6. The number of hydrogen-bond donors (Lipinski definition) is 8. The van der Waals surface area contributed by atoms with E-state index in [0.717, 1.165) is 116 Å². The molecule has 21 rings (SSSR count). The molecule has 0 radical (unpaired) electrons. The van der Waals surface area contributed by atoms with Crippen LogP contribution in [0.3, 0.4) is 0 Å². The lowest BCUT2D eigenvalue weighted by Crippen LogP contribution is -2.24. The zero-order valence-electron chi connectivity index (χ0n) is 80.2. The quantitative estimate of drug-likeness (QED) is 0.0245. The molecule has 0 aliphatic heterocycles. The normalized spacial score (nSPS) is 16.0. The van der Waals surface area contributed by atoms with Gasteiger partial charge in [0.25, 0.3) is 0 Å². The number of fused-ring (bicyclic) bond motifs is 7. The number of nitrogens with zero attached hydrogens (tertiary/aromatic N) is 13. The Morgan fingerprint density at radius 2 is 0.634 bits per heavy atom. The number of carbonyl (C=O) groups excluding carboxylic acids is 4. The van der Waals surface area contributed by atoms with Crippen LogP contribution in [0.25, 0.3) is 42.5 Å². The van der Waals surface area contributed by atoms with Gasteiger partial charge < -0.3 is 59.8 Å². The smallest absolute Gasteiger partial charge is 0.338 e. The summed E-state index contributed by atoms with van der Waals surface area (Å²) in [6.45, 7) is 3.48. The number of allylic oxidation sites excluding steroid dienone is 2. The molecular weight excluding hydrogens is 1810 g/mol. The molecule has 10 heterocycles. The first-order valence-corrected chi connectivity index (χ1v) is 46.7. The number of aliphatic hydroxyl groups excluding tert-OH is 3. The fraction of sp³-hybridized carbons (Fsp3) is 0.300. The molecule has 0 bridgehead atoms. The Kier molecular flexibility index (Phi) is 31.7. The highest BCUT2D eigenvalue weighted by atomic mass is 16.5. The Labute approximate surface area is 819 Å². The van der Waals surface area contributed by atoms with Crippen LogP contribution in [0, 0.1) is 11.8 Å². The fourth-order valence-corrected chi connectivity index (χ4v) is 19.5. The summed E-state index contributed by atoms with van der Waals surface area (Å²) in [7, 11) is 10.8. The molecule has 32 heteroatoms. The molecule has 12 aromatic rings. The molecule has 730 valence electrons. The summed E-state index contributed by atoms with van der Waals surface area (Å²) in [4.78, 5) is 111. The Balaban J connectivity index is 0.000000125. The van der Waals surface area contributed by atoms with Crippen LogP contribution < -0.4 is 0 Å². The first-order valence-electron chi connectivity index (χ1n) is 46.7. The predicted octanol–water partition coefficient (Wildman–Crippen LogP) is 15.8. The van der Waals surface area contributed by atoms with Crippen LogP contribution in [-0.4, -0.2) is 175 Å². The molecule has 0 saturated heterocycles. The van der Waals surface area contributed by atoms with Gasteiger partial charge in [-0.15, -0.1) is 0 Å². The summed E-state index contributed by atoms with van der Waals surface area (Å²) in [5.41, 5.74) is 21.8. The van der Waals surface area contributed by atoms with Crippen molar-refractivity contribution in [2.75, 3.05) is 28.4 Å². The van der Waals surface area contributed by atoms with E-state index in [9.17, 15) is 69.3 Å². The topological polar surface area (TPSA) is 462 Å². The number of aryl methyl sites for hydroxylation is 3. The van der Waals surface area contributed by atoms with E-state index in [-0.39, 0.29) is 23.1 Å². The van der Waals surface area contributed by atoms with Gasteiger partial charge >= 0.3 is 41.8 Å². The van der Waals surface area contributed by atoms with Gasteiger partial charge in [-0.25, -0.2) is 33.6 Å². The summed E-state index contributed by atoms with van der Waals surface area (Å²) in [6, 6.07) is 35.3. The molecule has 10 aromatic heterocycles. The predicted molar refractivity (Wildman–Crippen MR) is 527 cm³/mol. The SMILES string of the molecule is CC(O)(C1=Cc2nccc(C(=O)O)c2C1)c1ccccc1.COC(=O)c1ccnc2c1CC(C(C)(O)c1ccccc1)=C2.COC(=O)c1ccnc2c1CC(C(O)c1ccn(C)n1)=C2.COC(=O)c1ccnc2c1CC(C(O)c1ccnn1C)=C2.COC(=O)c1ccnc2c1CC(CC1CCCC1)=C2.Cn1nccc1C(O)C1=Cc2nccc(C(=O)O)c2C1.O=C(O)c1ccnc2c1CC(CC1CCCC1)=C2. The Morgan fingerprint density at radius 3 is 0.937 bits per heavy atom. The van der Waals surface area contributed by atoms with Crippen molar-refractivity contribution in [1.29, 1.82) is 0 Å². The number of benzene rings is 2.